The molecule has 0 unspecified atom stereocenters. The van der Waals surface area contributed by atoms with Crippen molar-refractivity contribution in [2.24, 2.45) is 0 Å². The molecule has 2 aromatic rings. The Morgan fingerprint density at radius 2 is 1.71 bits per heavy atom. The Bertz CT molecular complexity index is 656. The Hall–Kier alpha value is -1.41. The van der Waals surface area contributed by atoms with Gasteiger partial charge in [0.05, 0.1) is 5.52 Å². The summed E-state index contributed by atoms with van der Waals surface area (Å²) in [7, 11) is 0. The monoisotopic (exact) mass is 282 g/mol. The van der Waals surface area contributed by atoms with Crippen molar-refractivity contribution in [3.05, 3.63) is 40.6 Å². The third-order valence-electron chi connectivity index (χ3n) is 4.54. The predicted molar refractivity (Wildman–Crippen MR) is 90.2 cm³/mol. The van der Waals surface area contributed by atoms with Gasteiger partial charge in [-0.3, -0.25) is 4.98 Å². The minimum Gasteiger partial charge on any atom is -0.316 e. The van der Waals surface area contributed by atoms with Gasteiger partial charge in [0.25, 0.3) is 0 Å². The van der Waals surface area contributed by atoms with Crippen LogP contribution < -0.4 is 5.32 Å². The lowest BCUT2D eigenvalue weighted by Crippen LogP contribution is -2.16. The summed E-state index contributed by atoms with van der Waals surface area (Å²) in [5.74, 6) is 1.08. The standard InChI is InChI=1S/C19H26N2/c1-12(2)15-10-16-9-14-5-7-20-8-6-18(14)21-19(16)17(11-15)13(3)4/h9-13,20H,5-8H2,1-4H3. The molecule has 0 saturated carbocycles. The van der Waals surface area contributed by atoms with Crippen LogP contribution in [0, 0.1) is 0 Å². The van der Waals surface area contributed by atoms with E-state index in [1.54, 1.807) is 0 Å². The van der Waals surface area contributed by atoms with Crippen molar-refractivity contribution < 1.29 is 0 Å². The Balaban J connectivity index is 2.25. The number of hydrogen-bond acceptors (Lipinski definition) is 2. The van der Waals surface area contributed by atoms with Crippen LogP contribution in [0.15, 0.2) is 18.2 Å². The van der Waals surface area contributed by atoms with E-state index in [1.165, 1.54) is 33.3 Å². The minimum absolute atomic E-state index is 0.514. The van der Waals surface area contributed by atoms with Gasteiger partial charge in [0.2, 0.25) is 0 Å². The molecule has 0 bridgehead atoms. The summed E-state index contributed by atoms with van der Waals surface area (Å²) in [6.07, 6.45) is 2.15. The molecule has 1 aromatic heterocycles. The van der Waals surface area contributed by atoms with Gasteiger partial charge in [0.15, 0.2) is 0 Å². The van der Waals surface area contributed by atoms with Crippen molar-refractivity contribution in [3.63, 3.8) is 0 Å². The zero-order chi connectivity index (χ0) is 15.0. The molecule has 0 atom stereocenters. The third kappa shape index (κ3) is 2.82. The van der Waals surface area contributed by atoms with Crippen LogP contribution in [0.3, 0.4) is 0 Å². The van der Waals surface area contributed by atoms with Crippen LogP contribution in [0.1, 0.15) is 61.9 Å². The zero-order valence-corrected chi connectivity index (χ0v) is 13.7. The third-order valence-corrected chi connectivity index (χ3v) is 4.54. The summed E-state index contributed by atoms with van der Waals surface area (Å²) < 4.78 is 0. The summed E-state index contributed by atoms with van der Waals surface area (Å²) in [6, 6.07) is 7.10. The number of hydrogen-bond donors (Lipinski definition) is 1. The molecule has 0 amide bonds. The van der Waals surface area contributed by atoms with Crippen molar-refractivity contribution in [1.82, 2.24) is 10.3 Å². The van der Waals surface area contributed by atoms with Gasteiger partial charge in [-0.05, 0) is 53.6 Å². The maximum atomic E-state index is 5.06. The number of fused-ring (bicyclic) bond motifs is 2. The van der Waals surface area contributed by atoms with E-state index in [4.69, 9.17) is 4.98 Å². The van der Waals surface area contributed by atoms with Gasteiger partial charge in [-0.25, -0.2) is 0 Å². The minimum atomic E-state index is 0.514. The molecule has 0 spiro atoms. The molecule has 2 nitrogen and oxygen atoms in total. The molecule has 3 rings (SSSR count). The summed E-state index contributed by atoms with van der Waals surface area (Å²) in [6.45, 7) is 11.2. The van der Waals surface area contributed by atoms with Crippen molar-refractivity contribution in [1.29, 1.82) is 0 Å². The molecule has 2 heterocycles. The molecule has 1 aromatic carbocycles. The first-order valence-electron chi connectivity index (χ1n) is 8.23. The molecule has 112 valence electrons. The smallest absolute Gasteiger partial charge is 0.0740 e. The Morgan fingerprint density at radius 1 is 0.952 bits per heavy atom. The van der Waals surface area contributed by atoms with Crippen LogP contribution in [-0.4, -0.2) is 18.1 Å². The topological polar surface area (TPSA) is 24.9 Å². The highest BCUT2D eigenvalue weighted by Crippen LogP contribution is 2.30. The van der Waals surface area contributed by atoms with Gasteiger partial charge in [-0.15, -0.1) is 0 Å². The second-order valence-electron chi connectivity index (χ2n) is 6.84. The maximum Gasteiger partial charge on any atom is 0.0740 e. The Morgan fingerprint density at radius 3 is 2.43 bits per heavy atom. The van der Waals surface area contributed by atoms with Crippen molar-refractivity contribution >= 4 is 10.9 Å². The van der Waals surface area contributed by atoms with E-state index in [9.17, 15) is 0 Å². The molecule has 0 radical (unpaired) electrons. The lowest BCUT2D eigenvalue weighted by Gasteiger charge is -2.16. The number of aromatic nitrogens is 1. The second-order valence-corrected chi connectivity index (χ2v) is 6.84. The van der Waals surface area contributed by atoms with E-state index in [1.807, 2.05) is 0 Å². The summed E-state index contributed by atoms with van der Waals surface area (Å²) in [4.78, 5) is 5.06. The fraction of sp³-hybridized carbons (Fsp3) is 0.526. The lowest BCUT2D eigenvalue weighted by atomic mass is 9.91. The average molecular weight is 282 g/mol. The van der Waals surface area contributed by atoms with E-state index >= 15 is 0 Å². The normalized spacial score (nSPS) is 15.5. The van der Waals surface area contributed by atoms with Crippen LogP contribution in [0.2, 0.25) is 0 Å². The SMILES string of the molecule is CC(C)c1cc(C(C)C)c2nc3c(cc2c1)CCNCC3. The van der Waals surface area contributed by atoms with Crippen molar-refractivity contribution in [2.45, 2.75) is 52.4 Å². The average Bonchev–Trinajstić information content (AvgIpc) is 2.68. The Kier molecular flexibility index (Phi) is 3.99. The molecule has 1 N–H and O–H groups in total. The Labute approximate surface area is 128 Å². The van der Waals surface area contributed by atoms with Crippen molar-refractivity contribution in [2.75, 3.05) is 13.1 Å². The summed E-state index contributed by atoms with van der Waals surface area (Å²) in [5, 5.41) is 4.80. The van der Waals surface area contributed by atoms with E-state index in [2.05, 4.69) is 51.2 Å². The second kappa shape index (κ2) is 5.76. The van der Waals surface area contributed by atoms with Crippen LogP contribution in [-0.2, 0) is 12.8 Å². The summed E-state index contributed by atoms with van der Waals surface area (Å²) in [5.41, 5.74) is 6.78. The quantitative estimate of drug-likeness (QED) is 0.894. The predicted octanol–water partition coefficient (Wildman–Crippen LogP) is 4.17. The first kappa shape index (κ1) is 14.5. The number of pyridine rings is 1. The number of nitrogens with one attached hydrogen (secondary N) is 1. The molecule has 0 aliphatic carbocycles. The number of rotatable bonds is 2. The maximum absolute atomic E-state index is 5.06. The van der Waals surface area contributed by atoms with Crippen LogP contribution in [0.4, 0.5) is 0 Å². The van der Waals surface area contributed by atoms with Gasteiger partial charge < -0.3 is 5.32 Å². The molecule has 21 heavy (non-hydrogen) atoms. The molecule has 2 heteroatoms. The van der Waals surface area contributed by atoms with Crippen LogP contribution in [0.25, 0.3) is 10.9 Å². The number of benzene rings is 1. The van der Waals surface area contributed by atoms with Gasteiger partial charge in [0, 0.05) is 24.0 Å². The van der Waals surface area contributed by atoms with E-state index < -0.39 is 0 Å². The molecule has 1 aliphatic heterocycles. The fourth-order valence-electron chi connectivity index (χ4n) is 3.18. The van der Waals surface area contributed by atoms with E-state index in [-0.39, 0.29) is 0 Å². The highest BCUT2D eigenvalue weighted by Gasteiger charge is 2.15. The lowest BCUT2D eigenvalue weighted by molar-refractivity contribution is 0.708. The zero-order valence-electron chi connectivity index (χ0n) is 13.7. The van der Waals surface area contributed by atoms with Gasteiger partial charge in [-0.2, -0.15) is 0 Å². The first-order valence-corrected chi connectivity index (χ1v) is 8.23. The van der Waals surface area contributed by atoms with E-state index in [0.717, 1.165) is 25.9 Å². The molecular weight excluding hydrogens is 256 g/mol. The van der Waals surface area contributed by atoms with Gasteiger partial charge in [0.1, 0.15) is 0 Å². The number of nitrogens with zero attached hydrogens (tertiary/aromatic N) is 1. The molecular formula is C19H26N2. The largest absolute Gasteiger partial charge is 0.316 e. The fourth-order valence-corrected chi connectivity index (χ4v) is 3.18. The van der Waals surface area contributed by atoms with E-state index in [0.29, 0.717) is 11.8 Å². The summed E-state index contributed by atoms with van der Waals surface area (Å²) >= 11 is 0. The van der Waals surface area contributed by atoms with Crippen molar-refractivity contribution in [3.8, 4) is 0 Å². The van der Waals surface area contributed by atoms with Gasteiger partial charge in [-0.1, -0.05) is 33.8 Å². The highest BCUT2D eigenvalue weighted by molar-refractivity contribution is 5.84. The molecule has 0 fully saturated rings. The van der Waals surface area contributed by atoms with Gasteiger partial charge >= 0.3 is 0 Å². The molecule has 0 saturated heterocycles. The molecule has 1 aliphatic rings. The van der Waals surface area contributed by atoms with Crippen LogP contribution >= 0.6 is 0 Å². The highest BCUT2D eigenvalue weighted by atomic mass is 14.9. The van der Waals surface area contributed by atoms with Crippen LogP contribution in [0.5, 0.6) is 0 Å². The first-order chi connectivity index (χ1) is 10.1.